The standard InChI is InChI=1S/C17H36N4O.HI/c1-6-14(7-2)16(21(4)5)13-20-17(18-8-3)19-12-15-10-9-11-22-15;/h14-16H,6-13H2,1-5H3,(H2,18,19,20);1H. The molecule has 1 aliphatic rings. The van der Waals surface area contributed by atoms with Gasteiger partial charge in [-0.1, -0.05) is 26.7 Å². The van der Waals surface area contributed by atoms with Gasteiger partial charge in [-0.25, -0.2) is 0 Å². The molecule has 0 saturated carbocycles. The monoisotopic (exact) mass is 440 g/mol. The molecule has 2 N–H and O–H groups in total. The highest BCUT2D eigenvalue weighted by Gasteiger charge is 2.20. The van der Waals surface area contributed by atoms with Crippen molar-refractivity contribution in [2.75, 3.05) is 40.3 Å². The van der Waals surface area contributed by atoms with Gasteiger partial charge in [-0.3, -0.25) is 4.99 Å². The van der Waals surface area contributed by atoms with E-state index in [0.717, 1.165) is 38.6 Å². The third-order valence-electron chi connectivity index (χ3n) is 4.56. The molecule has 2 unspecified atom stereocenters. The molecule has 0 aromatic heterocycles. The lowest BCUT2D eigenvalue weighted by molar-refractivity contribution is 0.113. The van der Waals surface area contributed by atoms with Gasteiger partial charge >= 0.3 is 0 Å². The Labute approximate surface area is 160 Å². The van der Waals surface area contributed by atoms with Crippen molar-refractivity contribution in [3.8, 4) is 0 Å². The molecular weight excluding hydrogens is 403 g/mol. The van der Waals surface area contributed by atoms with Crippen molar-refractivity contribution in [2.24, 2.45) is 10.9 Å². The maximum Gasteiger partial charge on any atom is 0.191 e. The summed E-state index contributed by atoms with van der Waals surface area (Å²) in [7, 11) is 4.32. The molecule has 1 fully saturated rings. The van der Waals surface area contributed by atoms with Crippen LogP contribution in [0.2, 0.25) is 0 Å². The molecule has 0 aliphatic carbocycles. The molecule has 5 nitrogen and oxygen atoms in total. The van der Waals surface area contributed by atoms with Gasteiger partial charge in [0.05, 0.1) is 12.6 Å². The number of nitrogens with one attached hydrogen (secondary N) is 2. The smallest absolute Gasteiger partial charge is 0.191 e. The number of hydrogen-bond acceptors (Lipinski definition) is 3. The summed E-state index contributed by atoms with van der Waals surface area (Å²) in [6.45, 7) is 10.1. The summed E-state index contributed by atoms with van der Waals surface area (Å²) in [6.07, 6.45) is 5.08. The maximum absolute atomic E-state index is 5.66. The van der Waals surface area contributed by atoms with E-state index in [2.05, 4.69) is 50.4 Å². The number of guanidine groups is 1. The minimum Gasteiger partial charge on any atom is -0.376 e. The maximum atomic E-state index is 5.66. The molecule has 0 spiro atoms. The van der Waals surface area contributed by atoms with E-state index in [9.17, 15) is 0 Å². The summed E-state index contributed by atoms with van der Waals surface area (Å²) in [4.78, 5) is 7.12. The summed E-state index contributed by atoms with van der Waals surface area (Å²) >= 11 is 0. The van der Waals surface area contributed by atoms with Gasteiger partial charge in [-0.2, -0.15) is 0 Å². The molecule has 1 aliphatic heterocycles. The third-order valence-corrected chi connectivity index (χ3v) is 4.56. The number of aliphatic imine (C=N–C) groups is 1. The van der Waals surface area contributed by atoms with Crippen LogP contribution in [-0.4, -0.2) is 63.3 Å². The quantitative estimate of drug-likeness (QED) is 0.329. The average molecular weight is 440 g/mol. The minimum absolute atomic E-state index is 0. The molecule has 0 bridgehead atoms. The van der Waals surface area contributed by atoms with E-state index in [-0.39, 0.29) is 24.0 Å². The first-order valence-electron chi connectivity index (χ1n) is 8.92. The molecule has 0 aromatic carbocycles. The fourth-order valence-electron chi connectivity index (χ4n) is 3.11. The van der Waals surface area contributed by atoms with Crippen LogP contribution in [0.15, 0.2) is 4.99 Å². The molecule has 2 atom stereocenters. The highest BCUT2D eigenvalue weighted by Crippen LogP contribution is 2.17. The van der Waals surface area contributed by atoms with Gasteiger partial charge in [-0.15, -0.1) is 24.0 Å². The van der Waals surface area contributed by atoms with E-state index in [0.29, 0.717) is 18.1 Å². The predicted molar refractivity (Wildman–Crippen MR) is 110 cm³/mol. The topological polar surface area (TPSA) is 48.9 Å². The zero-order valence-electron chi connectivity index (χ0n) is 15.6. The molecular formula is C17H37IN4O. The molecule has 23 heavy (non-hydrogen) atoms. The highest BCUT2D eigenvalue weighted by molar-refractivity contribution is 14.0. The van der Waals surface area contributed by atoms with Crippen molar-refractivity contribution in [1.29, 1.82) is 0 Å². The first-order chi connectivity index (χ1) is 10.6. The van der Waals surface area contributed by atoms with Gasteiger partial charge in [0, 0.05) is 25.7 Å². The highest BCUT2D eigenvalue weighted by atomic mass is 127. The molecule has 1 rings (SSSR count). The van der Waals surface area contributed by atoms with E-state index in [1.165, 1.54) is 19.3 Å². The van der Waals surface area contributed by atoms with Crippen LogP contribution in [0.4, 0.5) is 0 Å². The second kappa shape index (κ2) is 13.2. The van der Waals surface area contributed by atoms with E-state index in [1.807, 2.05) is 0 Å². The van der Waals surface area contributed by atoms with Crippen LogP contribution in [0.1, 0.15) is 46.5 Å². The number of hydrogen-bond donors (Lipinski definition) is 2. The van der Waals surface area contributed by atoms with Crippen molar-refractivity contribution in [2.45, 2.75) is 58.6 Å². The Morgan fingerprint density at radius 3 is 2.39 bits per heavy atom. The van der Waals surface area contributed by atoms with Gasteiger partial charge < -0.3 is 20.3 Å². The Bertz CT molecular complexity index is 316. The Balaban J connectivity index is 0.00000484. The molecule has 6 heteroatoms. The first kappa shape index (κ1) is 22.9. The van der Waals surface area contributed by atoms with Gasteiger partial charge in [-0.05, 0) is 39.8 Å². The summed E-state index contributed by atoms with van der Waals surface area (Å²) in [6, 6.07) is 0.494. The number of rotatable bonds is 9. The van der Waals surface area contributed by atoms with Crippen molar-refractivity contribution in [1.82, 2.24) is 15.5 Å². The molecule has 1 saturated heterocycles. The molecule has 0 aromatic rings. The molecule has 138 valence electrons. The Morgan fingerprint density at radius 1 is 1.22 bits per heavy atom. The van der Waals surface area contributed by atoms with E-state index in [1.54, 1.807) is 0 Å². The lowest BCUT2D eigenvalue weighted by Crippen LogP contribution is -2.43. The van der Waals surface area contributed by atoms with E-state index in [4.69, 9.17) is 9.73 Å². The van der Waals surface area contributed by atoms with E-state index < -0.39 is 0 Å². The molecule has 0 amide bonds. The van der Waals surface area contributed by atoms with Crippen molar-refractivity contribution >= 4 is 29.9 Å². The number of ether oxygens (including phenoxy) is 1. The largest absolute Gasteiger partial charge is 0.376 e. The summed E-state index contributed by atoms with van der Waals surface area (Å²) in [5.74, 6) is 1.61. The fourth-order valence-corrected chi connectivity index (χ4v) is 3.11. The Morgan fingerprint density at radius 2 is 1.91 bits per heavy atom. The van der Waals surface area contributed by atoms with Crippen molar-refractivity contribution < 1.29 is 4.74 Å². The third kappa shape index (κ3) is 8.54. The summed E-state index contributed by atoms with van der Waals surface area (Å²) < 4.78 is 5.66. The van der Waals surface area contributed by atoms with E-state index >= 15 is 0 Å². The second-order valence-electron chi connectivity index (χ2n) is 6.34. The van der Waals surface area contributed by atoms with Gasteiger partial charge in [0.25, 0.3) is 0 Å². The zero-order chi connectivity index (χ0) is 16.4. The average Bonchev–Trinajstić information content (AvgIpc) is 3.01. The van der Waals surface area contributed by atoms with Crippen LogP contribution < -0.4 is 10.6 Å². The second-order valence-corrected chi connectivity index (χ2v) is 6.34. The summed E-state index contributed by atoms with van der Waals surface area (Å²) in [5, 5.41) is 6.77. The zero-order valence-corrected chi connectivity index (χ0v) is 17.9. The normalized spacial score (nSPS) is 19.8. The van der Waals surface area contributed by atoms with Crippen molar-refractivity contribution in [3.63, 3.8) is 0 Å². The number of nitrogens with zero attached hydrogens (tertiary/aromatic N) is 2. The van der Waals surface area contributed by atoms with Crippen molar-refractivity contribution in [3.05, 3.63) is 0 Å². The SMILES string of the molecule is CCNC(=NCC(C(CC)CC)N(C)C)NCC1CCCO1.I. The fraction of sp³-hybridized carbons (Fsp3) is 0.941. The lowest BCUT2D eigenvalue weighted by Gasteiger charge is -2.30. The molecule has 0 radical (unpaired) electrons. The van der Waals surface area contributed by atoms with Crippen LogP contribution in [0, 0.1) is 5.92 Å². The van der Waals surface area contributed by atoms with Crippen LogP contribution in [0.5, 0.6) is 0 Å². The van der Waals surface area contributed by atoms with Crippen LogP contribution in [-0.2, 0) is 4.74 Å². The van der Waals surface area contributed by atoms with Gasteiger partial charge in [0.15, 0.2) is 5.96 Å². The minimum atomic E-state index is 0. The Hall–Kier alpha value is -0.0800. The van der Waals surface area contributed by atoms with Crippen LogP contribution in [0.3, 0.4) is 0 Å². The van der Waals surface area contributed by atoms with Gasteiger partial charge in [0.2, 0.25) is 0 Å². The first-order valence-corrected chi connectivity index (χ1v) is 8.92. The van der Waals surface area contributed by atoms with Crippen LogP contribution in [0.25, 0.3) is 0 Å². The van der Waals surface area contributed by atoms with Crippen LogP contribution >= 0.6 is 24.0 Å². The van der Waals surface area contributed by atoms with Gasteiger partial charge in [0.1, 0.15) is 0 Å². The Kier molecular flexibility index (Phi) is 13.2. The lowest BCUT2D eigenvalue weighted by atomic mass is 9.93. The number of halogens is 1. The summed E-state index contributed by atoms with van der Waals surface area (Å²) in [5.41, 5.74) is 0. The predicted octanol–water partition coefficient (Wildman–Crippen LogP) is 2.70. The molecule has 1 heterocycles. The number of likely N-dealkylation sites (N-methyl/N-ethyl adjacent to an activating group) is 1.